The summed E-state index contributed by atoms with van der Waals surface area (Å²) in [6, 6.07) is -0.171. The molecule has 3 saturated heterocycles. The second-order valence-corrected chi connectivity index (χ2v) is 7.49. The van der Waals surface area contributed by atoms with Crippen molar-refractivity contribution in [2.24, 2.45) is 0 Å². The summed E-state index contributed by atoms with van der Waals surface area (Å²) in [7, 11) is -0.127. The predicted octanol–water partition coefficient (Wildman–Crippen LogP) is -1.19. The summed E-state index contributed by atoms with van der Waals surface area (Å²) >= 11 is 0. The summed E-state index contributed by atoms with van der Waals surface area (Å²) < 4.78 is 31.6. The number of rotatable bonds is 0. The molecular weight excluding hydrogens is 258 g/mol. The molecule has 0 aromatic carbocycles. The molecule has 0 aromatic rings. The van der Waals surface area contributed by atoms with E-state index in [9.17, 15) is 13.2 Å². The number of likely N-dealkylation sites (N-methyl/N-ethyl adjacent to an activating group) is 1. The maximum Gasteiger partial charge on any atom is 0.317 e. The fourth-order valence-electron chi connectivity index (χ4n) is 3.37. The number of amides is 2. The van der Waals surface area contributed by atoms with Crippen LogP contribution < -0.4 is 5.32 Å². The molecule has 1 N–H and O–H groups in total. The molecule has 0 unspecified atom stereocenters. The summed E-state index contributed by atoms with van der Waals surface area (Å²) in [5, 5.41) is 2.08. The van der Waals surface area contributed by atoms with Gasteiger partial charge < -0.3 is 15.0 Å². The van der Waals surface area contributed by atoms with Gasteiger partial charge in [0.1, 0.15) is 10.9 Å². The Morgan fingerprint density at radius 1 is 1.44 bits per heavy atom. The molecule has 18 heavy (non-hydrogen) atoms. The first-order valence-electron chi connectivity index (χ1n) is 5.99. The lowest BCUT2D eigenvalue weighted by molar-refractivity contribution is -0.0942. The molecule has 3 aliphatic heterocycles. The Balaban J connectivity index is 1.94. The third-order valence-corrected chi connectivity index (χ3v) is 6.47. The van der Waals surface area contributed by atoms with Crippen molar-refractivity contribution in [3.8, 4) is 0 Å². The van der Waals surface area contributed by atoms with Crippen LogP contribution in [-0.2, 0) is 14.8 Å². The van der Waals surface area contributed by atoms with E-state index < -0.39 is 20.9 Å². The summed E-state index contributed by atoms with van der Waals surface area (Å²) in [4.78, 5) is 13.4. The summed E-state index contributed by atoms with van der Waals surface area (Å²) in [6.07, 6.45) is 0.324. The zero-order chi connectivity index (χ0) is 13.1. The van der Waals surface area contributed by atoms with E-state index in [1.165, 1.54) is 4.31 Å². The van der Waals surface area contributed by atoms with E-state index in [0.29, 0.717) is 26.1 Å². The van der Waals surface area contributed by atoms with Gasteiger partial charge in [-0.3, -0.25) is 0 Å². The highest BCUT2D eigenvalue weighted by Gasteiger charge is 2.64. The predicted molar refractivity (Wildman–Crippen MR) is 63.6 cm³/mol. The Morgan fingerprint density at radius 2 is 2.17 bits per heavy atom. The van der Waals surface area contributed by atoms with Crippen molar-refractivity contribution in [1.29, 1.82) is 0 Å². The second kappa shape index (κ2) is 3.58. The molecular formula is C10H17N3O4S. The number of hydrogen-bond donors (Lipinski definition) is 1. The van der Waals surface area contributed by atoms with Gasteiger partial charge in [-0.1, -0.05) is 0 Å². The number of carbonyl (C=O) groups is 1. The van der Waals surface area contributed by atoms with Crippen molar-refractivity contribution in [2.45, 2.75) is 23.4 Å². The number of urea groups is 1. The molecule has 0 aromatic heterocycles. The van der Waals surface area contributed by atoms with Gasteiger partial charge in [0, 0.05) is 27.2 Å². The minimum atomic E-state index is -3.27. The fraction of sp³-hybridized carbons (Fsp3) is 0.900. The van der Waals surface area contributed by atoms with E-state index in [2.05, 4.69) is 5.32 Å². The molecule has 2 amide bonds. The molecule has 3 aliphatic rings. The summed E-state index contributed by atoms with van der Waals surface area (Å²) in [5.74, 6) is 0. The third-order valence-electron chi connectivity index (χ3n) is 4.13. The maximum atomic E-state index is 12.2. The van der Waals surface area contributed by atoms with Crippen LogP contribution in [0.4, 0.5) is 4.79 Å². The Hall–Kier alpha value is -0.860. The van der Waals surface area contributed by atoms with Crippen molar-refractivity contribution in [2.75, 3.05) is 33.7 Å². The molecule has 7 nitrogen and oxygen atoms in total. The van der Waals surface area contributed by atoms with Crippen LogP contribution >= 0.6 is 0 Å². The van der Waals surface area contributed by atoms with E-state index >= 15 is 0 Å². The van der Waals surface area contributed by atoms with Crippen LogP contribution in [0.1, 0.15) is 6.42 Å². The van der Waals surface area contributed by atoms with Crippen LogP contribution in [-0.4, -0.2) is 74.3 Å². The van der Waals surface area contributed by atoms with Crippen molar-refractivity contribution in [3.05, 3.63) is 0 Å². The largest absolute Gasteiger partial charge is 0.365 e. The molecule has 0 radical (unpaired) electrons. The molecule has 3 fully saturated rings. The number of likely N-dealkylation sites (tertiary alicyclic amines) is 1. The van der Waals surface area contributed by atoms with E-state index in [1.807, 2.05) is 0 Å². The number of nitrogens with one attached hydrogen (secondary N) is 1. The first-order chi connectivity index (χ1) is 8.39. The van der Waals surface area contributed by atoms with Crippen molar-refractivity contribution in [1.82, 2.24) is 14.5 Å². The number of hydrogen-bond acceptors (Lipinski definition) is 4. The van der Waals surface area contributed by atoms with Gasteiger partial charge in [-0.2, -0.15) is 0 Å². The van der Waals surface area contributed by atoms with Crippen LogP contribution in [0.5, 0.6) is 0 Å². The summed E-state index contributed by atoms with van der Waals surface area (Å²) in [6.45, 7) is 1.15. The highest BCUT2D eigenvalue weighted by molar-refractivity contribution is 7.90. The highest BCUT2D eigenvalue weighted by Crippen LogP contribution is 2.45. The van der Waals surface area contributed by atoms with Crippen molar-refractivity contribution < 1.29 is 17.9 Å². The normalized spacial score (nSPS) is 41.8. The standard InChI is InChI=1S/C10H17N3O4S/c1-11-9(14)13-4-7-3-8-10(6-13,17-7)5-12(2)18(8,15)16/h7-8H,3-6H2,1-2H3,(H,11,14)/t7-,8-,10+/m1/s1. The Morgan fingerprint density at radius 3 is 2.83 bits per heavy atom. The topological polar surface area (TPSA) is 79.0 Å². The van der Waals surface area contributed by atoms with Crippen LogP contribution in [0.25, 0.3) is 0 Å². The monoisotopic (exact) mass is 275 g/mol. The van der Waals surface area contributed by atoms with Crippen LogP contribution in [0.15, 0.2) is 0 Å². The Kier molecular flexibility index (Phi) is 2.43. The minimum Gasteiger partial charge on any atom is -0.365 e. The molecule has 3 heterocycles. The lowest BCUT2D eigenvalue weighted by atomic mass is 10.00. The third kappa shape index (κ3) is 1.42. The molecule has 8 heteroatoms. The molecule has 2 bridgehead atoms. The Bertz CT molecular complexity index is 493. The number of fused-ring (bicyclic) bond motifs is 1. The average molecular weight is 275 g/mol. The number of sulfonamides is 1. The molecule has 3 atom stereocenters. The van der Waals surface area contributed by atoms with Crippen LogP contribution in [0.2, 0.25) is 0 Å². The Labute approximate surface area is 106 Å². The van der Waals surface area contributed by atoms with Gasteiger partial charge in [-0.05, 0) is 6.42 Å². The van der Waals surface area contributed by atoms with Crippen molar-refractivity contribution >= 4 is 16.1 Å². The fourth-order valence-corrected chi connectivity index (χ4v) is 5.41. The van der Waals surface area contributed by atoms with Crippen molar-refractivity contribution in [3.63, 3.8) is 0 Å². The van der Waals surface area contributed by atoms with E-state index in [1.54, 1.807) is 19.0 Å². The number of morpholine rings is 1. The van der Waals surface area contributed by atoms with Gasteiger partial charge in [-0.25, -0.2) is 17.5 Å². The molecule has 1 spiro atoms. The number of ether oxygens (including phenoxy) is 1. The minimum absolute atomic E-state index is 0.162. The molecule has 0 saturated carbocycles. The van der Waals surface area contributed by atoms with Crippen LogP contribution in [0.3, 0.4) is 0 Å². The number of nitrogens with zero attached hydrogens (tertiary/aromatic N) is 2. The maximum absolute atomic E-state index is 12.2. The quantitative estimate of drug-likeness (QED) is 0.603. The van der Waals surface area contributed by atoms with Gasteiger partial charge in [0.25, 0.3) is 0 Å². The molecule has 3 rings (SSSR count). The van der Waals surface area contributed by atoms with E-state index in [0.717, 1.165) is 0 Å². The van der Waals surface area contributed by atoms with Gasteiger partial charge in [0.15, 0.2) is 0 Å². The summed E-state index contributed by atoms with van der Waals surface area (Å²) in [5.41, 5.74) is -0.733. The average Bonchev–Trinajstić information content (AvgIpc) is 2.67. The smallest absolute Gasteiger partial charge is 0.317 e. The van der Waals surface area contributed by atoms with Gasteiger partial charge in [-0.15, -0.1) is 0 Å². The number of carbonyl (C=O) groups excluding carboxylic acids is 1. The first-order valence-corrected chi connectivity index (χ1v) is 7.49. The van der Waals surface area contributed by atoms with E-state index in [-0.39, 0.29) is 12.1 Å². The van der Waals surface area contributed by atoms with Gasteiger partial charge in [0.2, 0.25) is 10.0 Å². The van der Waals surface area contributed by atoms with Gasteiger partial charge >= 0.3 is 6.03 Å². The lowest BCUT2D eigenvalue weighted by Crippen LogP contribution is -2.57. The van der Waals surface area contributed by atoms with Gasteiger partial charge in [0.05, 0.1) is 12.6 Å². The molecule has 102 valence electrons. The van der Waals surface area contributed by atoms with E-state index in [4.69, 9.17) is 4.74 Å². The first kappa shape index (κ1) is 12.2. The zero-order valence-electron chi connectivity index (χ0n) is 10.4. The second-order valence-electron chi connectivity index (χ2n) is 5.27. The lowest BCUT2D eigenvalue weighted by Gasteiger charge is -2.39. The SMILES string of the molecule is CNC(=O)N1C[C@H]2C[C@@H]3[C@@](C1)(CN(C)S3(=O)=O)O2. The zero-order valence-corrected chi connectivity index (χ0v) is 11.2. The van der Waals surface area contributed by atoms with Crippen LogP contribution in [0, 0.1) is 0 Å². The highest BCUT2D eigenvalue weighted by atomic mass is 32.2. The molecule has 0 aliphatic carbocycles.